The van der Waals surface area contributed by atoms with Gasteiger partial charge in [-0.2, -0.15) is 0 Å². The van der Waals surface area contributed by atoms with Crippen molar-refractivity contribution < 1.29 is 13.2 Å². The van der Waals surface area contributed by atoms with Crippen molar-refractivity contribution in [3.8, 4) is 0 Å². The van der Waals surface area contributed by atoms with E-state index in [-0.39, 0.29) is 23.9 Å². The van der Waals surface area contributed by atoms with Crippen molar-refractivity contribution in [3.05, 3.63) is 64.8 Å². The zero-order valence-corrected chi connectivity index (χ0v) is 17.4. The van der Waals surface area contributed by atoms with Gasteiger partial charge in [0.1, 0.15) is 5.69 Å². The van der Waals surface area contributed by atoms with Crippen LogP contribution in [0.25, 0.3) is 10.9 Å². The lowest BCUT2D eigenvalue weighted by molar-refractivity contribution is 0.0792. The van der Waals surface area contributed by atoms with Crippen LogP contribution in [-0.2, 0) is 10.0 Å². The van der Waals surface area contributed by atoms with Gasteiger partial charge in [0.05, 0.1) is 4.90 Å². The number of aromatic nitrogens is 1. The third kappa shape index (κ3) is 4.10. The highest BCUT2D eigenvalue weighted by Gasteiger charge is 2.19. The summed E-state index contributed by atoms with van der Waals surface area (Å²) in [4.78, 5) is 17.7. The molecule has 0 spiro atoms. The normalized spacial score (nSPS) is 11.7. The van der Waals surface area contributed by atoms with Gasteiger partial charge in [-0.3, -0.25) is 4.79 Å². The van der Waals surface area contributed by atoms with Crippen molar-refractivity contribution in [2.45, 2.75) is 25.7 Å². The lowest BCUT2D eigenvalue weighted by Gasteiger charge is -2.17. The Morgan fingerprint density at radius 3 is 2.36 bits per heavy atom. The number of fused-ring (bicyclic) bond motifs is 1. The van der Waals surface area contributed by atoms with Crippen molar-refractivity contribution in [2.24, 2.45) is 0 Å². The Bertz CT molecular complexity index is 1120. The monoisotopic (exact) mass is 399 g/mol. The highest BCUT2D eigenvalue weighted by atomic mass is 32.2. The van der Waals surface area contributed by atoms with Crippen LogP contribution in [-0.4, -0.2) is 44.3 Å². The number of benzene rings is 2. The number of H-pyrrole nitrogens is 1. The molecule has 0 saturated heterocycles. The van der Waals surface area contributed by atoms with Crippen LogP contribution >= 0.6 is 0 Å². The van der Waals surface area contributed by atoms with E-state index < -0.39 is 10.0 Å². The van der Waals surface area contributed by atoms with Gasteiger partial charge in [-0.05, 0) is 50.6 Å². The summed E-state index contributed by atoms with van der Waals surface area (Å²) in [5, 5.41) is 1.02. The fourth-order valence-corrected chi connectivity index (χ4v) is 4.12. The van der Waals surface area contributed by atoms with E-state index in [2.05, 4.69) is 9.71 Å². The van der Waals surface area contributed by atoms with E-state index in [0.717, 1.165) is 27.6 Å². The number of rotatable bonds is 6. The minimum Gasteiger partial charge on any atom is -0.350 e. The Balaban J connectivity index is 1.66. The topological polar surface area (TPSA) is 82.3 Å². The number of hydrogen-bond donors (Lipinski definition) is 2. The summed E-state index contributed by atoms with van der Waals surface area (Å²) in [5.41, 5.74) is 4.47. The Morgan fingerprint density at radius 2 is 1.68 bits per heavy atom. The molecular formula is C21H25N3O3S. The van der Waals surface area contributed by atoms with Gasteiger partial charge in [-0.1, -0.05) is 29.3 Å². The zero-order valence-electron chi connectivity index (χ0n) is 16.5. The lowest BCUT2D eigenvalue weighted by atomic mass is 10.1. The van der Waals surface area contributed by atoms with Crippen LogP contribution in [0, 0.1) is 20.8 Å². The molecule has 1 amide bonds. The number of sulfonamides is 1. The molecule has 0 bridgehead atoms. The van der Waals surface area contributed by atoms with Gasteiger partial charge in [-0.25, -0.2) is 13.1 Å². The number of nitrogens with zero attached hydrogens (tertiary/aromatic N) is 1. The molecule has 3 rings (SSSR count). The van der Waals surface area contributed by atoms with Gasteiger partial charge in [-0.15, -0.1) is 0 Å². The SMILES string of the molecule is Cc1ccc(S(=O)(=O)NCCN(C)C(=O)c2[nH]c3ccc(C)cc3c2C)cc1. The van der Waals surface area contributed by atoms with Crippen LogP contribution in [0.2, 0.25) is 0 Å². The number of hydrogen-bond acceptors (Lipinski definition) is 3. The average Bonchev–Trinajstić information content (AvgIpc) is 2.97. The molecule has 0 atom stereocenters. The first-order valence-corrected chi connectivity index (χ1v) is 10.6. The Labute approximate surface area is 165 Å². The molecule has 0 radical (unpaired) electrons. The Hall–Kier alpha value is -2.64. The predicted octanol–water partition coefficient (Wildman–Crippen LogP) is 3.14. The third-order valence-electron chi connectivity index (χ3n) is 4.84. The Kier molecular flexibility index (Phi) is 5.58. The predicted molar refractivity (Wildman–Crippen MR) is 111 cm³/mol. The molecule has 3 aromatic rings. The van der Waals surface area contributed by atoms with E-state index in [1.165, 1.54) is 4.90 Å². The second-order valence-corrected chi connectivity index (χ2v) is 8.88. The maximum Gasteiger partial charge on any atom is 0.270 e. The summed E-state index contributed by atoms with van der Waals surface area (Å²) in [6, 6.07) is 12.7. The molecule has 0 aliphatic rings. The Morgan fingerprint density at radius 1 is 1.04 bits per heavy atom. The van der Waals surface area contributed by atoms with Gasteiger partial charge in [0.2, 0.25) is 10.0 Å². The van der Waals surface area contributed by atoms with Crippen LogP contribution in [0.3, 0.4) is 0 Å². The fraction of sp³-hybridized carbons (Fsp3) is 0.286. The number of carbonyl (C=O) groups excluding carboxylic acids is 1. The molecule has 0 saturated carbocycles. The lowest BCUT2D eigenvalue weighted by Crippen LogP contribution is -2.36. The van der Waals surface area contributed by atoms with Crippen molar-refractivity contribution in [3.63, 3.8) is 0 Å². The van der Waals surface area contributed by atoms with Gasteiger partial charge in [0.15, 0.2) is 0 Å². The molecule has 28 heavy (non-hydrogen) atoms. The molecule has 1 aromatic heterocycles. The van der Waals surface area contributed by atoms with E-state index in [0.29, 0.717) is 5.69 Å². The maximum absolute atomic E-state index is 12.8. The molecule has 0 unspecified atom stereocenters. The van der Waals surface area contributed by atoms with Gasteiger partial charge >= 0.3 is 0 Å². The molecule has 1 heterocycles. The van der Waals surface area contributed by atoms with Crippen molar-refractivity contribution in [1.29, 1.82) is 0 Å². The van der Waals surface area contributed by atoms with E-state index in [1.54, 1.807) is 31.3 Å². The largest absolute Gasteiger partial charge is 0.350 e. The van der Waals surface area contributed by atoms with E-state index in [9.17, 15) is 13.2 Å². The molecular weight excluding hydrogens is 374 g/mol. The van der Waals surface area contributed by atoms with Crippen molar-refractivity contribution in [1.82, 2.24) is 14.6 Å². The van der Waals surface area contributed by atoms with Crippen LogP contribution in [0.4, 0.5) is 0 Å². The first-order chi connectivity index (χ1) is 13.2. The smallest absolute Gasteiger partial charge is 0.270 e. The number of nitrogens with one attached hydrogen (secondary N) is 2. The van der Waals surface area contributed by atoms with Gasteiger partial charge in [0, 0.05) is 31.0 Å². The summed E-state index contributed by atoms with van der Waals surface area (Å²) < 4.78 is 27.2. The molecule has 0 fully saturated rings. The number of aryl methyl sites for hydroxylation is 3. The summed E-state index contributed by atoms with van der Waals surface area (Å²) in [6.45, 7) is 6.23. The highest BCUT2D eigenvalue weighted by Crippen LogP contribution is 2.23. The zero-order chi connectivity index (χ0) is 20.5. The van der Waals surface area contributed by atoms with Crippen LogP contribution in [0.5, 0.6) is 0 Å². The first kappa shape index (κ1) is 20.1. The molecule has 7 heteroatoms. The summed E-state index contributed by atoms with van der Waals surface area (Å²) >= 11 is 0. The first-order valence-electron chi connectivity index (χ1n) is 9.10. The minimum absolute atomic E-state index is 0.136. The standard InChI is InChI=1S/C21H25N3O3S/c1-14-5-8-17(9-6-14)28(26,27)22-11-12-24(4)21(25)20-16(3)18-13-15(2)7-10-19(18)23-20/h5-10,13,22-23H,11-12H2,1-4H3. The quantitative estimate of drug-likeness (QED) is 0.668. The third-order valence-corrected chi connectivity index (χ3v) is 6.32. The molecule has 6 nitrogen and oxygen atoms in total. The molecule has 148 valence electrons. The van der Waals surface area contributed by atoms with E-state index >= 15 is 0 Å². The summed E-state index contributed by atoms with van der Waals surface area (Å²) in [5.74, 6) is -0.166. The summed E-state index contributed by atoms with van der Waals surface area (Å²) in [6.07, 6.45) is 0. The maximum atomic E-state index is 12.8. The molecule has 0 aliphatic heterocycles. The second kappa shape index (κ2) is 7.77. The average molecular weight is 400 g/mol. The highest BCUT2D eigenvalue weighted by molar-refractivity contribution is 7.89. The number of carbonyl (C=O) groups is 1. The molecule has 2 aromatic carbocycles. The molecule has 0 aliphatic carbocycles. The van der Waals surface area contributed by atoms with Crippen LogP contribution in [0.15, 0.2) is 47.4 Å². The fourth-order valence-electron chi connectivity index (χ4n) is 3.10. The molecule has 2 N–H and O–H groups in total. The second-order valence-electron chi connectivity index (χ2n) is 7.11. The van der Waals surface area contributed by atoms with Crippen LogP contribution in [0.1, 0.15) is 27.2 Å². The van der Waals surface area contributed by atoms with Crippen LogP contribution < -0.4 is 4.72 Å². The number of aromatic amines is 1. The van der Waals surface area contributed by atoms with Crippen molar-refractivity contribution in [2.75, 3.05) is 20.1 Å². The van der Waals surface area contributed by atoms with Gasteiger partial charge < -0.3 is 9.88 Å². The van der Waals surface area contributed by atoms with E-state index in [4.69, 9.17) is 0 Å². The number of amides is 1. The summed E-state index contributed by atoms with van der Waals surface area (Å²) in [7, 11) is -1.93. The minimum atomic E-state index is -3.59. The van der Waals surface area contributed by atoms with Crippen molar-refractivity contribution >= 4 is 26.8 Å². The number of likely N-dealkylation sites (N-methyl/N-ethyl adjacent to an activating group) is 1. The van der Waals surface area contributed by atoms with Gasteiger partial charge in [0.25, 0.3) is 5.91 Å². The van der Waals surface area contributed by atoms with E-state index in [1.807, 2.05) is 39.0 Å².